The van der Waals surface area contributed by atoms with Gasteiger partial charge in [0.15, 0.2) is 6.29 Å². The molecule has 0 aromatic heterocycles. The minimum atomic E-state index is -0.411. The second kappa shape index (κ2) is 5.00. The molecular formula is C15H13FO2. The van der Waals surface area contributed by atoms with Crippen molar-refractivity contribution in [2.45, 2.75) is 6.92 Å². The van der Waals surface area contributed by atoms with Crippen LogP contribution < -0.4 is 4.74 Å². The number of aryl methyl sites for hydroxylation is 1. The monoisotopic (exact) mass is 244 g/mol. The molecule has 0 radical (unpaired) electrons. The standard InChI is InChI=1S/C15H13FO2/c1-10-7-11(3-6-15(10)18-2)14-5-4-13(16)8-12(14)9-17/h3-9H,1-2H3. The zero-order chi connectivity index (χ0) is 13.1. The topological polar surface area (TPSA) is 26.3 Å². The lowest BCUT2D eigenvalue weighted by Crippen LogP contribution is -1.92. The van der Waals surface area contributed by atoms with E-state index in [1.165, 1.54) is 12.1 Å². The zero-order valence-electron chi connectivity index (χ0n) is 10.2. The minimum Gasteiger partial charge on any atom is -0.496 e. The molecule has 0 heterocycles. The summed E-state index contributed by atoms with van der Waals surface area (Å²) in [6.07, 6.45) is 0.665. The van der Waals surface area contributed by atoms with Crippen LogP contribution in [0.1, 0.15) is 15.9 Å². The molecule has 0 unspecified atom stereocenters. The van der Waals surface area contributed by atoms with Crippen molar-refractivity contribution in [2.75, 3.05) is 7.11 Å². The number of carbonyl (C=O) groups is 1. The van der Waals surface area contributed by atoms with E-state index < -0.39 is 5.82 Å². The molecule has 92 valence electrons. The van der Waals surface area contributed by atoms with Crippen LogP contribution in [0.3, 0.4) is 0 Å². The molecule has 2 nitrogen and oxygen atoms in total. The number of hydrogen-bond donors (Lipinski definition) is 0. The third-order valence-electron chi connectivity index (χ3n) is 2.85. The highest BCUT2D eigenvalue weighted by Crippen LogP contribution is 2.28. The highest BCUT2D eigenvalue weighted by atomic mass is 19.1. The maximum atomic E-state index is 13.1. The first-order valence-corrected chi connectivity index (χ1v) is 5.55. The van der Waals surface area contributed by atoms with Crippen molar-refractivity contribution in [3.05, 3.63) is 53.3 Å². The fourth-order valence-electron chi connectivity index (χ4n) is 1.94. The fraction of sp³-hybridized carbons (Fsp3) is 0.133. The predicted octanol–water partition coefficient (Wildman–Crippen LogP) is 3.62. The third-order valence-corrected chi connectivity index (χ3v) is 2.85. The van der Waals surface area contributed by atoms with E-state index in [2.05, 4.69) is 0 Å². The summed E-state index contributed by atoms with van der Waals surface area (Å²) in [6, 6.07) is 9.80. The van der Waals surface area contributed by atoms with Crippen LogP contribution >= 0.6 is 0 Å². The predicted molar refractivity (Wildman–Crippen MR) is 68.5 cm³/mol. The Labute approximate surface area is 105 Å². The largest absolute Gasteiger partial charge is 0.496 e. The molecule has 0 aliphatic heterocycles. The number of methoxy groups -OCH3 is 1. The molecule has 0 aliphatic carbocycles. The van der Waals surface area contributed by atoms with Gasteiger partial charge in [0.25, 0.3) is 0 Å². The summed E-state index contributed by atoms with van der Waals surface area (Å²) in [4.78, 5) is 11.0. The van der Waals surface area contributed by atoms with Gasteiger partial charge in [0, 0.05) is 5.56 Å². The van der Waals surface area contributed by atoms with Gasteiger partial charge in [-0.25, -0.2) is 4.39 Å². The summed E-state index contributed by atoms with van der Waals surface area (Å²) in [6.45, 7) is 1.92. The number of aldehydes is 1. The fourth-order valence-corrected chi connectivity index (χ4v) is 1.94. The van der Waals surface area contributed by atoms with Crippen molar-refractivity contribution >= 4 is 6.29 Å². The summed E-state index contributed by atoms with van der Waals surface area (Å²) >= 11 is 0. The summed E-state index contributed by atoms with van der Waals surface area (Å²) in [5, 5.41) is 0. The minimum absolute atomic E-state index is 0.347. The normalized spacial score (nSPS) is 10.2. The molecule has 0 saturated heterocycles. The van der Waals surface area contributed by atoms with E-state index in [0.717, 1.165) is 22.4 Å². The van der Waals surface area contributed by atoms with Gasteiger partial charge in [0.05, 0.1) is 7.11 Å². The van der Waals surface area contributed by atoms with Gasteiger partial charge < -0.3 is 4.74 Å². The summed E-state index contributed by atoms with van der Waals surface area (Å²) in [5.41, 5.74) is 2.91. The lowest BCUT2D eigenvalue weighted by molar-refractivity contribution is 0.112. The summed E-state index contributed by atoms with van der Waals surface area (Å²) in [7, 11) is 1.61. The van der Waals surface area contributed by atoms with Crippen LogP contribution in [0.4, 0.5) is 4.39 Å². The smallest absolute Gasteiger partial charge is 0.150 e. The van der Waals surface area contributed by atoms with Crippen molar-refractivity contribution in [3.63, 3.8) is 0 Å². The van der Waals surface area contributed by atoms with Gasteiger partial charge in [-0.3, -0.25) is 4.79 Å². The zero-order valence-corrected chi connectivity index (χ0v) is 10.2. The number of hydrogen-bond acceptors (Lipinski definition) is 2. The molecule has 3 heteroatoms. The van der Waals surface area contributed by atoms with Crippen molar-refractivity contribution in [3.8, 4) is 16.9 Å². The molecule has 0 fully saturated rings. The van der Waals surface area contributed by atoms with Gasteiger partial charge in [-0.05, 0) is 47.9 Å². The van der Waals surface area contributed by atoms with Gasteiger partial charge in [0.1, 0.15) is 11.6 Å². The second-order valence-corrected chi connectivity index (χ2v) is 4.03. The molecule has 18 heavy (non-hydrogen) atoms. The number of halogens is 1. The lowest BCUT2D eigenvalue weighted by atomic mass is 9.98. The number of rotatable bonds is 3. The first kappa shape index (κ1) is 12.3. The second-order valence-electron chi connectivity index (χ2n) is 4.03. The van der Waals surface area contributed by atoms with Crippen LogP contribution in [0.15, 0.2) is 36.4 Å². The molecular weight excluding hydrogens is 231 g/mol. The number of ether oxygens (including phenoxy) is 1. The van der Waals surface area contributed by atoms with Crippen molar-refractivity contribution in [2.24, 2.45) is 0 Å². The molecule has 0 N–H and O–H groups in total. The molecule has 0 aliphatic rings. The average molecular weight is 244 g/mol. The highest BCUT2D eigenvalue weighted by Gasteiger charge is 2.07. The van der Waals surface area contributed by atoms with E-state index in [-0.39, 0.29) is 0 Å². The molecule has 0 saturated carbocycles. The Balaban J connectivity index is 2.55. The summed E-state index contributed by atoms with van der Waals surface area (Å²) < 4.78 is 18.3. The number of carbonyl (C=O) groups excluding carboxylic acids is 1. The van der Waals surface area contributed by atoms with Gasteiger partial charge in [0.2, 0.25) is 0 Å². The maximum Gasteiger partial charge on any atom is 0.150 e. The Morgan fingerprint density at radius 1 is 1.17 bits per heavy atom. The van der Waals surface area contributed by atoms with Crippen molar-refractivity contribution < 1.29 is 13.9 Å². The van der Waals surface area contributed by atoms with E-state index in [4.69, 9.17) is 4.74 Å². The van der Waals surface area contributed by atoms with E-state index in [1.807, 2.05) is 25.1 Å². The number of benzene rings is 2. The van der Waals surface area contributed by atoms with E-state index in [1.54, 1.807) is 13.2 Å². The van der Waals surface area contributed by atoms with Crippen LogP contribution in [0.25, 0.3) is 11.1 Å². The van der Waals surface area contributed by atoms with Crippen molar-refractivity contribution in [1.82, 2.24) is 0 Å². The molecule has 0 bridgehead atoms. The molecule has 2 aromatic carbocycles. The summed E-state index contributed by atoms with van der Waals surface area (Å²) in [5.74, 6) is 0.375. The van der Waals surface area contributed by atoms with Gasteiger partial charge in [-0.2, -0.15) is 0 Å². The first-order valence-electron chi connectivity index (χ1n) is 5.55. The van der Waals surface area contributed by atoms with Crippen LogP contribution in [0, 0.1) is 12.7 Å². The molecule has 0 atom stereocenters. The Morgan fingerprint density at radius 3 is 2.56 bits per heavy atom. The quantitative estimate of drug-likeness (QED) is 0.771. The maximum absolute atomic E-state index is 13.1. The van der Waals surface area contributed by atoms with Crippen LogP contribution in [-0.4, -0.2) is 13.4 Å². The molecule has 0 spiro atoms. The Bertz CT molecular complexity index is 591. The first-order chi connectivity index (χ1) is 8.65. The highest BCUT2D eigenvalue weighted by molar-refractivity contribution is 5.87. The van der Waals surface area contributed by atoms with Crippen LogP contribution in [0.5, 0.6) is 5.75 Å². The molecule has 2 rings (SSSR count). The van der Waals surface area contributed by atoms with Gasteiger partial charge in [-0.15, -0.1) is 0 Å². The average Bonchev–Trinajstić information content (AvgIpc) is 2.38. The van der Waals surface area contributed by atoms with E-state index in [9.17, 15) is 9.18 Å². The Kier molecular flexibility index (Phi) is 3.42. The van der Waals surface area contributed by atoms with Gasteiger partial charge >= 0.3 is 0 Å². The van der Waals surface area contributed by atoms with E-state index in [0.29, 0.717) is 11.8 Å². The Morgan fingerprint density at radius 2 is 1.94 bits per heavy atom. The Hall–Kier alpha value is -2.16. The van der Waals surface area contributed by atoms with Crippen LogP contribution in [0.2, 0.25) is 0 Å². The van der Waals surface area contributed by atoms with E-state index >= 15 is 0 Å². The van der Waals surface area contributed by atoms with Crippen molar-refractivity contribution in [1.29, 1.82) is 0 Å². The van der Waals surface area contributed by atoms with Gasteiger partial charge in [-0.1, -0.05) is 12.1 Å². The van der Waals surface area contributed by atoms with Crippen LogP contribution in [-0.2, 0) is 0 Å². The lowest BCUT2D eigenvalue weighted by Gasteiger charge is -2.09. The third kappa shape index (κ3) is 2.25. The molecule has 0 amide bonds. The SMILES string of the molecule is COc1ccc(-c2ccc(F)cc2C=O)cc1C. The molecule has 2 aromatic rings.